The Morgan fingerprint density at radius 1 is 1.29 bits per heavy atom. The van der Waals surface area contributed by atoms with Gasteiger partial charge in [-0.3, -0.25) is 4.79 Å². The van der Waals surface area contributed by atoms with Crippen molar-refractivity contribution in [2.24, 2.45) is 0 Å². The molecule has 0 saturated carbocycles. The minimum absolute atomic E-state index is 0.120. The first-order valence-electron chi connectivity index (χ1n) is 7.25. The van der Waals surface area contributed by atoms with Gasteiger partial charge in [-0.25, -0.2) is 4.79 Å². The van der Waals surface area contributed by atoms with Crippen molar-refractivity contribution in [3.8, 4) is 0 Å². The first kappa shape index (κ1) is 18.4. The van der Waals surface area contributed by atoms with Crippen molar-refractivity contribution < 1.29 is 22.4 Å². The van der Waals surface area contributed by atoms with E-state index in [1.54, 1.807) is 6.07 Å². The van der Waals surface area contributed by atoms with Crippen LogP contribution >= 0.6 is 11.8 Å². The van der Waals surface area contributed by atoms with Crippen molar-refractivity contribution in [3.05, 3.63) is 45.8 Å². The van der Waals surface area contributed by atoms with Gasteiger partial charge in [0.05, 0.1) is 5.75 Å². The number of fused-ring (bicyclic) bond motifs is 1. The highest BCUT2D eigenvalue weighted by atomic mass is 32.2. The number of alkyl halides is 3. The fourth-order valence-electron chi connectivity index (χ4n) is 2.12. The number of aryl methyl sites for hydroxylation is 1. The second-order valence-corrected chi connectivity index (χ2v) is 6.15. The minimum Gasteiger partial charge on any atom is -0.423 e. The highest BCUT2D eigenvalue weighted by molar-refractivity contribution is 7.99. The van der Waals surface area contributed by atoms with Crippen LogP contribution < -0.4 is 10.9 Å². The van der Waals surface area contributed by atoms with Gasteiger partial charge in [0.2, 0.25) is 5.91 Å². The summed E-state index contributed by atoms with van der Waals surface area (Å²) in [5, 5.41) is 2.57. The third-order valence-corrected chi connectivity index (χ3v) is 4.26. The zero-order chi connectivity index (χ0) is 17.7. The van der Waals surface area contributed by atoms with E-state index >= 15 is 0 Å². The molecule has 1 aromatic heterocycles. The molecule has 4 nitrogen and oxygen atoms in total. The number of nitrogens with one attached hydrogen (secondary N) is 1. The summed E-state index contributed by atoms with van der Waals surface area (Å²) in [6, 6.07) is 6.90. The fourth-order valence-corrected chi connectivity index (χ4v) is 2.97. The quantitative estimate of drug-likeness (QED) is 0.805. The summed E-state index contributed by atoms with van der Waals surface area (Å²) in [5.41, 5.74) is 1.70. The van der Waals surface area contributed by atoms with Crippen molar-refractivity contribution in [3.63, 3.8) is 0 Å². The van der Waals surface area contributed by atoms with Crippen molar-refractivity contribution in [1.29, 1.82) is 0 Å². The molecule has 0 unspecified atom stereocenters. The Bertz CT molecular complexity index is 786. The van der Waals surface area contributed by atoms with Crippen LogP contribution in [-0.2, 0) is 17.0 Å². The average molecular weight is 359 g/mol. The van der Waals surface area contributed by atoms with E-state index in [1.807, 2.05) is 24.4 Å². The van der Waals surface area contributed by atoms with Crippen LogP contribution in [0.15, 0.2) is 33.5 Å². The molecule has 0 radical (unpaired) electrons. The Hall–Kier alpha value is -1.96. The predicted molar refractivity (Wildman–Crippen MR) is 87.1 cm³/mol. The predicted octanol–water partition coefficient (Wildman–Crippen LogP) is 3.27. The summed E-state index contributed by atoms with van der Waals surface area (Å²) in [6.07, 6.45) is -3.62. The van der Waals surface area contributed by atoms with Crippen LogP contribution in [0.1, 0.15) is 18.1 Å². The topological polar surface area (TPSA) is 59.3 Å². The molecule has 130 valence electrons. The Morgan fingerprint density at radius 3 is 2.71 bits per heavy atom. The highest BCUT2D eigenvalue weighted by Gasteiger charge is 2.27. The minimum atomic E-state index is -4.42. The van der Waals surface area contributed by atoms with Gasteiger partial charge in [0.25, 0.3) is 0 Å². The van der Waals surface area contributed by atoms with Crippen molar-refractivity contribution in [2.75, 3.05) is 12.3 Å². The number of halogens is 3. The fraction of sp³-hybridized carbons (Fsp3) is 0.375. The van der Waals surface area contributed by atoms with Gasteiger partial charge in [0.1, 0.15) is 12.1 Å². The maximum Gasteiger partial charge on any atom is 0.405 e. The zero-order valence-electron chi connectivity index (χ0n) is 12.9. The van der Waals surface area contributed by atoms with Crippen LogP contribution in [0.4, 0.5) is 13.2 Å². The van der Waals surface area contributed by atoms with Gasteiger partial charge in [-0.15, -0.1) is 11.8 Å². The maximum atomic E-state index is 12.0. The lowest BCUT2D eigenvalue weighted by molar-refractivity contribution is -0.136. The van der Waals surface area contributed by atoms with Crippen molar-refractivity contribution in [2.45, 2.75) is 25.3 Å². The van der Waals surface area contributed by atoms with Crippen LogP contribution in [-0.4, -0.2) is 24.4 Å². The largest absolute Gasteiger partial charge is 0.423 e. The first-order chi connectivity index (χ1) is 11.3. The molecular weight excluding hydrogens is 343 g/mol. The normalized spacial score (nSPS) is 11.7. The number of thioether (sulfide) groups is 1. The maximum absolute atomic E-state index is 12.0. The highest BCUT2D eigenvalue weighted by Crippen LogP contribution is 2.23. The van der Waals surface area contributed by atoms with E-state index < -0.39 is 24.3 Å². The van der Waals surface area contributed by atoms with Gasteiger partial charge in [-0.1, -0.05) is 19.1 Å². The molecule has 1 N–H and O–H groups in total. The number of carbonyl (C=O) groups excluding carboxylic acids is 1. The van der Waals surface area contributed by atoms with Gasteiger partial charge in [0.15, 0.2) is 0 Å². The second-order valence-electron chi connectivity index (χ2n) is 5.16. The van der Waals surface area contributed by atoms with Crippen molar-refractivity contribution in [1.82, 2.24) is 5.32 Å². The van der Waals surface area contributed by atoms with E-state index in [1.165, 1.54) is 6.07 Å². The summed E-state index contributed by atoms with van der Waals surface area (Å²) in [4.78, 5) is 23.0. The molecule has 0 aliphatic rings. The lowest BCUT2D eigenvalue weighted by Gasteiger charge is -2.09. The average Bonchev–Trinajstić information content (AvgIpc) is 2.51. The van der Waals surface area contributed by atoms with E-state index in [9.17, 15) is 22.8 Å². The number of benzene rings is 1. The molecular formula is C16H16F3NO3S. The molecule has 0 atom stereocenters. The number of amides is 1. The molecule has 1 amide bonds. The second kappa shape index (κ2) is 7.74. The van der Waals surface area contributed by atoms with Gasteiger partial charge in [0, 0.05) is 17.2 Å². The van der Waals surface area contributed by atoms with Crippen LogP contribution in [0.3, 0.4) is 0 Å². The third kappa shape index (κ3) is 5.30. The van der Waals surface area contributed by atoms with E-state index in [0.29, 0.717) is 16.9 Å². The summed E-state index contributed by atoms with van der Waals surface area (Å²) in [5.74, 6) is -0.490. The van der Waals surface area contributed by atoms with Crippen LogP contribution in [0.25, 0.3) is 11.0 Å². The Kier molecular flexibility index (Phi) is 5.93. The molecule has 0 aliphatic carbocycles. The number of hydrogen-bond donors (Lipinski definition) is 1. The lowest BCUT2D eigenvalue weighted by Crippen LogP contribution is -2.34. The molecule has 2 aromatic rings. The third-order valence-electron chi connectivity index (χ3n) is 3.28. The lowest BCUT2D eigenvalue weighted by atomic mass is 10.1. The molecule has 24 heavy (non-hydrogen) atoms. The van der Waals surface area contributed by atoms with Gasteiger partial charge >= 0.3 is 11.8 Å². The van der Waals surface area contributed by atoms with E-state index in [0.717, 1.165) is 29.1 Å². The van der Waals surface area contributed by atoms with Gasteiger partial charge in [-0.05, 0) is 23.6 Å². The monoisotopic (exact) mass is 359 g/mol. The van der Waals surface area contributed by atoms with Crippen molar-refractivity contribution >= 4 is 28.6 Å². The molecule has 1 aromatic carbocycles. The molecule has 8 heteroatoms. The van der Waals surface area contributed by atoms with E-state index in [4.69, 9.17) is 4.42 Å². The van der Waals surface area contributed by atoms with Gasteiger partial charge in [-0.2, -0.15) is 13.2 Å². The Labute approximate surface area is 140 Å². The summed E-state index contributed by atoms with van der Waals surface area (Å²) in [6.45, 7) is 0.641. The SMILES string of the molecule is CCc1ccc2c(CSCC(=O)NCC(F)(F)F)cc(=O)oc2c1. The summed E-state index contributed by atoms with van der Waals surface area (Å²) < 4.78 is 41.2. The van der Waals surface area contributed by atoms with E-state index in [2.05, 4.69) is 0 Å². The smallest absolute Gasteiger partial charge is 0.405 e. The van der Waals surface area contributed by atoms with Crippen LogP contribution in [0.2, 0.25) is 0 Å². The summed E-state index contributed by atoms with van der Waals surface area (Å²) >= 11 is 1.14. The van der Waals surface area contributed by atoms with E-state index in [-0.39, 0.29) is 5.75 Å². The first-order valence-corrected chi connectivity index (χ1v) is 8.41. The standard InChI is InChI=1S/C16H16F3NO3S/c1-2-10-3-4-12-11(6-15(22)23-13(12)5-10)7-24-8-14(21)20-9-16(17,18)19/h3-6H,2,7-9H2,1H3,(H,20,21). The summed E-state index contributed by atoms with van der Waals surface area (Å²) in [7, 11) is 0. The molecule has 2 rings (SSSR count). The molecule has 0 fully saturated rings. The number of rotatable bonds is 6. The molecule has 1 heterocycles. The molecule has 0 bridgehead atoms. The Balaban J connectivity index is 2.02. The molecule has 0 spiro atoms. The zero-order valence-corrected chi connectivity index (χ0v) is 13.7. The number of carbonyl (C=O) groups is 1. The Morgan fingerprint density at radius 2 is 2.04 bits per heavy atom. The molecule has 0 saturated heterocycles. The number of hydrogen-bond acceptors (Lipinski definition) is 4. The molecule has 0 aliphatic heterocycles. The van der Waals surface area contributed by atoms with Crippen LogP contribution in [0, 0.1) is 0 Å². The van der Waals surface area contributed by atoms with Crippen LogP contribution in [0.5, 0.6) is 0 Å². The van der Waals surface area contributed by atoms with Gasteiger partial charge < -0.3 is 9.73 Å².